The van der Waals surface area contributed by atoms with Gasteiger partial charge in [0.25, 0.3) is 5.69 Å². The second kappa shape index (κ2) is 5.88. The Balaban J connectivity index is 2.48. The lowest BCUT2D eigenvalue weighted by Crippen LogP contribution is -1.97. The van der Waals surface area contributed by atoms with Gasteiger partial charge in [-0.3, -0.25) is 14.9 Å². The first-order valence-corrected chi connectivity index (χ1v) is 6.18. The molecule has 0 aromatic heterocycles. The number of nitro benzene ring substituents is 1. The van der Waals surface area contributed by atoms with Gasteiger partial charge < -0.3 is 4.74 Å². The fourth-order valence-corrected chi connectivity index (χ4v) is 1.98. The van der Waals surface area contributed by atoms with Crippen LogP contribution in [0.25, 0.3) is 0 Å². The monoisotopic (exact) mass is 309 g/mol. The first-order valence-electron chi connectivity index (χ1n) is 5.80. The summed E-state index contributed by atoms with van der Waals surface area (Å²) in [4.78, 5) is 21.0. The number of hydrogen-bond acceptors (Lipinski definition) is 4. The number of hydrogen-bond donors (Lipinski definition) is 0. The van der Waals surface area contributed by atoms with Gasteiger partial charge in [0.1, 0.15) is 0 Å². The molecule has 0 N–H and O–H groups in total. The average Bonchev–Trinajstić information content (AvgIpc) is 2.44. The van der Waals surface area contributed by atoms with Gasteiger partial charge in [0, 0.05) is 5.56 Å². The molecule has 0 radical (unpaired) electrons. The molecule has 0 aliphatic carbocycles. The zero-order valence-corrected chi connectivity index (χ0v) is 11.6. The number of nitro groups is 1. The van der Waals surface area contributed by atoms with Gasteiger partial charge in [0.2, 0.25) is 0 Å². The van der Waals surface area contributed by atoms with Crippen LogP contribution in [0, 0.1) is 22.9 Å². The summed E-state index contributed by atoms with van der Waals surface area (Å²) in [7, 11) is 0. The van der Waals surface area contributed by atoms with Gasteiger partial charge in [-0.15, -0.1) is 0 Å². The quantitative estimate of drug-likeness (QED) is 0.479. The Kier molecular flexibility index (Phi) is 4.18. The molecule has 0 heterocycles. The van der Waals surface area contributed by atoms with Crippen molar-refractivity contribution in [1.82, 2.24) is 0 Å². The number of benzene rings is 2. The molecule has 0 fully saturated rings. The van der Waals surface area contributed by atoms with E-state index >= 15 is 0 Å². The lowest BCUT2D eigenvalue weighted by Gasteiger charge is -2.11. The third-order valence-electron chi connectivity index (χ3n) is 2.78. The van der Waals surface area contributed by atoms with Crippen LogP contribution in [0.5, 0.6) is 11.5 Å². The summed E-state index contributed by atoms with van der Waals surface area (Å²) in [6.07, 6.45) is 0.525. The number of ether oxygens (including phenoxy) is 1. The van der Waals surface area contributed by atoms with Crippen LogP contribution in [0.15, 0.2) is 30.3 Å². The highest BCUT2D eigenvalue weighted by Crippen LogP contribution is 2.35. The Morgan fingerprint density at radius 3 is 2.71 bits per heavy atom. The van der Waals surface area contributed by atoms with Gasteiger partial charge in [0.15, 0.2) is 23.6 Å². The minimum Gasteiger partial charge on any atom is -0.452 e. The lowest BCUT2D eigenvalue weighted by molar-refractivity contribution is -0.385. The highest BCUT2D eigenvalue weighted by molar-refractivity contribution is 6.32. The van der Waals surface area contributed by atoms with Crippen LogP contribution in [0.4, 0.5) is 10.1 Å². The van der Waals surface area contributed by atoms with Crippen molar-refractivity contribution in [3.8, 4) is 11.5 Å². The number of aldehydes is 1. The van der Waals surface area contributed by atoms with Crippen molar-refractivity contribution in [2.75, 3.05) is 0 Å². The van der Waals surface area contributed by atoms with E-state index in [1.165, 1.54) is 25.1 Å². The van der Waals surface area contributed by atoms with Gasteiger partial charge in [0.05, 0.1) is 21.6 Å². The Bertz CT molecular complexity index is 733. The molecule has 2 aromatic rings. The Morgan fingerprint density at radius 1 is 1.38 bits per heavy atom. The van der Waals surface area contributed by atoms with E-state index in [1.54, 1.807) is 6.07 Å². The van der Waals surface area contributed by atoms with E-state index in [0.717, 1.165) is 6.07 Å². The molecule has 0 aliphatic rings. The van der Waals surface area contributed by atoms with Crippen molar-refractivity contribution in [1.29, 1.82) is 0 Å². The fourth-order valence-electron chi connectivity index (χ4n) is 1.76. The number of aryl methyl sites for hydroxylation is 1. The maximum Gasteiger partial charge on any atom is 0.275 e. The largest absolute Gasteiger partial charge is 0.452 e. The number of nitrogens with zero attached hydrogens (tertiary/aromatic N) is 1. The summed E-state index contributed by atoms with van der Waals surface area (Å²) in [6.45, 7) is 1.46. The summed E-state index contributed by atoms with van der Waals surface area (Å²) in [5.74, 6) is -1.15. The highest BCUT2D eigenvalue weighted by atomic mass is 35.5. The van der Waals surface area contributed by atoms with Gasteiger partial charge in [-0.25, -0.2) is 4.39 Å². The topological polar surface area (TPSA) is 69.4 Å². The third-order valence-corrected chi connectivity index (χ3v) is 3.08. The average molecular weight is 310 g/mol. The van der Waals surface area contributed by atoms with Crippen LogP contribution in [0.1, 0.15) is 15.9 Å². The van der Waals surface area contributed by atoms with Crippen molar-refractivity contribution >= 4 is 23.6 Å². The maximum atomic E-state index is 13.9. The van der Waals surface area contributed by atoms with Crippen molar-refractivity contribution in [3.05, 3.63) is 62.4 Å². The summed E-state index contributed by atoms with van der Waals surface area (Å²) in [5, 5.41) is 10.9. The minimum absolute atomic E-state index is 0.00122. The van der Waals surface area contributed by atoms with Gasteiger partial charge in [-0.05, 0) is 25.1 Å². The molecule has 0 unspecified atom stereocenters. The summed E-state index contributed by atoms with van der Waals surface area (Å²) in [5.41, 5.74) is 0.0311. The number of rotatable bonds is 4. The van der Waals surface area contributed by atoms with Crippen LogP contribution < -0.4 is 4.74 Å². The van der Waals surface area contributed by atoms with Crippen molar-refractivity contribution in [2.24, 2.45) is 0 Å². The van der Waals surface area contributed by atoms with Crippen molar-refractivity contribution in [3.63, 3.8) is 0 Å². The Hall–Kier alpha value is -2.47. The molecule has 0 atom stereocenters. The van der Waals surface area contributed by atoms with E-state index in [4.69, 9.17) is 16.3 Å². The van der Waals surface area contributed by atoms with E-state index in [-0.39, 0.29) is 33.3 Å². The first kappa shape index (κ1) is 14.9. The molecule has 108 valence electrons. The molecular formula is C14H9ClFNO4. The number of carbonyl (C=O) groups is 1. The number of carbonyl (C=O) groups excluding carboxylic acids is 1. The van der Waals surface area contributed by atoms with E-state index in [1.807, 2.05) is 0 Å². The summed E-state index contributed by atoms with van der Waals surface area (Å²) >= 11 is 5.92. The van der Waals surface area contributed by atoms with E-state index < -0.39 is 10.7 Å². The molecule has 0 amide bonds. The van der Waals surface area contributed by atoms with Crippen LogP contribution in [-0.2, 0) is 0 Å². The molecule has 0 aliphatic heterocycles. The second-order valence-electron chi connectivity index (χ2n) is 4.20. The van der Waals surface area contributed by atoms with Gasteiger partial charge in [-0.2, -0.15) is 0 Å². The highest BCUT2D eigenvalue weighted by Gasteiger charge is 2.18. The van der Waals surface area contributed by atoms with Gasteiger partial charge >= 0.3 is 0 Å². The van der Waals surface area contributed by atoms with Crippen LogP contribution in [0.3, 0.4) is 0 Å². The molecule has 21 heavy (non-hydrogen) atoms. The second-order valence-corrected chi connectivity index (χ2v) is 4.61. The molecule has 0 saturated carbocycles. The molecule has 0 spiro atoms. The number of para-hydroxylation sites is 1. The predicted molar refractivity (Wildman–Crippen MR) is 74.7 cm³/mol. The van der Waals surface area contributed by atoms with Crippen LogP contribution in [0.2, 0.25) is 5.02 Å². The van der Waals surface area contributed by atoms with Crippen molar-refractivity contribution < 1.29 is 18.8 Å². The van der Waals surface area contributed by atoms with E-state index in [0.29, 0.717) is 6.29 Å². The molecule has 2 aromatic carbocycles. The van der Waals surface area contributed by atoms with E-state index in [9.17, 15) is 19.3 Å². The standard InChI is InChI=1S/C14H9ClFNO4/c1-8-5-13(11(16)6-12(8)17(19)20)21-14-9(7-18)3-2-4-10(14)15/h2-7H,1H3. The Morgan fingerprint density at radius 2 is 2.10 bits per heavy atom. The summed E-state index contributed by atoms with van der Waals surface area (Å²) in [6, 6.07) is 6.45. The molecular weight excluding hydrogens is 301 g/mol. The zero-order chi connectivity index (χ0) is 15.6. The minimum atomic E-state index is -0.913. The van der Waals surface area contributed by atoms with Crippen LogP contribution >= 0.6 is 11.6 Å². The molecule has 0 saturated heterocycles. The van der Waals surface area contributed by atoms with Crippen molar-refractivity contribution in [2.45, 2.75) is 6.92 Å². The Labute approximate surface area is 124 Å². The molecule has 0 bridgehead atoms. The van der Waals surface area contributed by atoms with Crippen LogP contribution in [-0.4, -0.2) is 11.2 Å². The lowest BCUT2D eigenvalue weighted by atomic mass is 10.2. The predicted octanol–water partition coefficient (Wildman–Crippen LogP) is 4.30. The summed E-state index contributed by atoms with van der Waals surface area (Å²) < 4.78 is 19.2. The number of halogens is 2. The first-order chi connectivity index (χ1) is 9.93. The smallest absolute Gasteiger partial charge is 0.275 e. The molecule has 2 rings (SSSR count). The SMILES string of the molecule is Cc1cc(Oc2c(Cl)cccc2C=O)c(F)cc1[N+](=O)[O-]. The zero-order valence-electron chi connectivity index (χ0n) is 10.8. The normalized spacial score (nSPS) is 10.2. The molecule has 7 heteroatoms. The third kappa shape index (κ3) is 3.00. The molecule has 5 nitrogen and oxygen atoms in total. The maximum absolute atomic E-state index is 13.9. The van der Waals surface area contributed by atoms with E-state index in [2.05, 4.69) is 0 Å². The van der Waals surface area contributed by atoms with Gasteiger partial charge in [-0.1, -0.05) is 17.7 Å². The fraction of sp³-hybridized carbons (Fsp3) is 0.0714.